The van der Waals surface area contributed by atoms with Crippen molar-refractivity contribution in [3.8, 4) is 0 Å². The summed E-state index contributed by atoms with van der Waals surface area (Å²) in [6.45, 7) is 0.788. The van der Waals surface area contributed by atoms with E-state index in [0.29, 0.717) is 0 Å². The molecule has 3 heteroatoms. The Hall–Kier alpha value is -1.64. The zero-order valence-electron chi connectivity index (χ0n) is 8.52. The average Bonchev–Trinajstić information content (AvgIpc) is 2.29. The van der Waals surface area contributed by atoms with E-state index in [-0.39, 0.29) is 11.9 Å². The fourth-order valence-electron chi connectivity index (χ4n) is 1.61. The molecule has 1 saturated heterocycles. The normalized spacial score (nSPS) is 21.6. The van der Waals surface area contributed by atoms with Crippen LogP contribution in [0.25, 0.3) is 0 Å². The molecule has 0 radical (unpaired) electrons. The van der Waals surface area contributed by atoms with Crippen LogP contribution in [-0.4, -0.2) is 24.7 Å². The van der Waals surface area contributed by atoms with Gasteiger partial charge in [0.05, 0.1) is 0 Å². The number of benzene rings is 1. The van der Waals surface area contributed by atoms with Crippen LogP contribution >= 0.6 is 0 Å². The molecule has 78 valence electrons. The Balaban J connectivity index is 2.01. The van der Waals surface area contributed by atoms with Gasteiger partial charge in [0, 0.05) is 12.8 Å². The number of aliphatic imine (C=N–C) groups is 1. The topological polar surface area (TPSA) is 41.5 Å². The van der Waals surface area contributed by atoms with Crippen LogP contribution in [0.5, 0.6) is 0 Å². The number of nitrogens with zero attached hydrogens (tertiary/aromatic N) is 1. The van der Waals surface area contributed by atoms with E-state index in [1.807, 2.05) is 30.3 Å². The monoisotopic (exact) mass is 202 g/mol. The lowest BCUT2D eigenvalue weighted by molar-refractivity contribution is -0.123. The first kappa shape index (κ1) is 9.90. The largest absolute Gasteiger partial charge is 0.354 e. The molecule has 3 nitrogen and oxygen atoms in total. The van der Waals surface area contributed by atoms with E-state index < -0.39 is 0 Å². The molecule has 1 fully saturated rings. The molecular weight excluding hydrogens is 188 g/mol. The van der Waals surface area contributed by atoms with E-state index >= 15 is 0 Å². The summed E-state index contributed by atoms with van der Waals surface area (Å²) in [6, 6.07) is 9.64. The van der Waals surface area contributed by atoms with Crippen LogP contribution in [0, 0.1) is 0 Å². The average molecular weight is 202 g/mol. The summed E-state index contributed by atoms with van der Waals surface area (Å²) < 4.78 is 0. The highest BCUT2D eigenvalue weighted by Gasteiger charge is 2.19. The third-order valence-electron chi connectivity index (χ3n) is 2.46. The number of hydrogen-bond donors (Lipinski definition) is 1. The zero-order valence-corrected chi connectivity index (χ0v) is 8.52. The van der Waals surface area contributed by atoms with Crippen molar-refractivity contribution in [3.05, 3.63) is 35.9 Å². The van der Waals surface area contributed by atoms with Crippen LogP contribution in [-0.2, 0) is 4.79 Å². The maximum absolute atomic E-state index is 11.4. The third kappa shape index (κ3) is 2.65. The minimum atomic E-state index is -0.195. The summed E-state index contributed by atoms with van der Waals surface area (Å²) in [7, 11) is 0. The molecule has 0 spiro atoms. The summed E-state index contributed by atoms with van der Waals surface area (Å²) >= 11 is 0. The molecule has 1 N–H and O–H groups in total. The van der Waals surface area contributed by atoms with E-state index in [2.05, 4.69) is 10.3 Å². The first-order chi connectivity index (χ1) is 7.36. The summed E-state index contributed by atoms with van der Waals surface area (Å²) in [6.07, 6.45) is 3.65. The maximum atomic E-state index is 11.4. The number of nitrogens with one attached hydrogen (secondary N) is 1. The molecule has 0 aliphatic carbocycles. The Kier molecular flexibility index (Phi) is 3.12. The fourth-order valence-corrected chi connectivity index (χ4v) is 1.61. The Morgan fingerprint density at radius 1 is 1.33 bits per heavy atom. The van der Waals surface area contributed by atoms with Crippen molar-refractivity contribution in [2.24, 2.45) is 4.99 Å². The zero-order chi connectivity index (χ0) is 10.5. The summed E-state index contributed by atoms with van der Waals surface area (Å²) in [4.78, 5) is 15.7. The van der Waals surface area contributed by atoms with E-state index in [9.17, 15) is 4.79 Å². The minimum absolute atomic E-state index is 0.0495. The van der Waals surface area contributed by atoms with Crippen molar-refractivity contribution >= 4 is 12.1 Å². The maximum Gasteiger partial charge on any atom is 0.244 e. The van der Waals surface area contributed by atoms with Gasteiger partial charge in [-0.05, 0) is 18.4 Å². The van der Waals surface area contributed by atoms with Crippen molar-refractivity contribution in [1.29, 1.82) is 0 Å². The number of amides is 1. The molecule has 1 amide bonds. The SMILES string of the molecule is O=C1NCCC[C@H]1N=Cc1ccccc1. The molecule has 15 heavy (non-hydrogen) atoms. The van der Waals surface area contributed by atoms with Gasteiger partial charge in [0.25, 0.3) is 0 Å². The highest BCUT2D eigenvalue weighted by Crippen LogP contribution is 2.07. The molecular formula is C12H14N2O. The van der Waals surface area contributed by atoms with E-state index in [1.54, 1.807) is 6.21 Å². The smallest absolute Gasteiger partial charge is 0.244 e. The minimum Gasteiger partial charge on any atom is -0.354 e. The molecule has 1 aliphatic rings. The summed E-state index contributed by atoms with van der Waals surface area (Å²) in [5, 5.41) is 2.82. The number of rotatable bonds is 2. The van der Waals surface area contributed by atoms with Gasteiger partial charge in [-0.1, -0.05) is 30.3 Å². The lowest BCUT2D eigenvalue weighted by Crippen LogP contribution is -2.39. The van der Waals surface area contributed by atoms with Crippen molar-refractivity contribution in [2.45, 2.75) is 18.9 Å². The van der Waals surface area contributed by atoms with Crippen LogP contribution in [0.2, 0.25) is 0 Å². The molecule has 0 bridgehead atoms. The van der Waals surface area contributed by atoms with Crippen molar-refractivity contribution in [2.75, 3.05) is 6.54 Å². The van der Waals surface area contributed by atoms with Crippen LogP contribution in [0.1, 0.15) is 18.4 Å². The number of carbonyl (C=O) groups is 1. The number of hydrogen-bond acceptors (Lipinski definition) is 2. The van der Waals surface area contributed by atoms with Gasteiger partial charge in [0.2, 0.25) is 5.91 Å². The fraction of sp³-hybridized carbons (Fsp3) is 0.333. The standard InChI is InChI=1S/C12H14N2O/c15-12-11(7-4-8-13-12)14-9-10-5-2-1-3-6-10/h1-3,5-6,9,11H,4,7-8H2,(H,13,15)/t11-/m1/s1. The molecule has 1 heterocycles. The highest BCUT2D eigenvalue weighted by atomic mass is 16.2. The Morgan fingerprint density at radius 2 is 2.13 bits per heavy atom. The summed E-state index contributed by atoms with van der Waals surface area (Å²) in [5.41, 5.74) is 1.04. The van der Waals surface area contributed by atoms with Gasteiger partial charge < -0.3 is 5.32 Å². The summed E-state index contributed by atoms with van der Waals surface area (Å²) in [5.74, 6) is 0.0495. The molecule has 1 atom stereocenters. The van der Waals surface area contributed by atoms with Crippen molar-refractivity contribution in [1.82, 2.24) is 5.32 Å². The van der Waals surface area contributed by atoms with E-state index in [0.717, 1.165) is 24.9 Å². The molecule has 2 rings (SSSR count). The van der Waals surface area contributed by atoms with Crippen LogP contribution in [0.3, 0.4) is 0 Å². The van der Waals surface area contributed by atoms with E-state index in [4.69, 9.17) is 0 Å². The Morgan fingerprint density at radius 3 is 2.87 bits per heavy atom. The first-order valence-electron chi connectivity index (χ1n) is 5.22. The Bertz CT molecular complexity index is 359. The van der Waals surface area contributed by atoms with Gasteiger partial charge in [-0.25, -0.2) is 0 Å². The quantitative estimate of drug-likeness (QED) is 0.723. The second kappa shape index (κ2) is 4.73. The predicted octanol–water partition coefficient (Wildman–Crippen LogP) is 1.38. The molecule has 1 aliphatic heterocycles. The van der Waals surface area contributed by atoms with Gasteiger partial charge in [-0.3, -0.25) is 9.79 Å². The first-order valence-corrected chi connectivity index (χ1v) is 5.22. The molecule has 1 aromatic carbocycles. The Labute approximate surface area is 89.2 Å². The van der Waals surface area contributed by atoms with E-state index in [1.165, 1.54) is 0 Å². The van der Waals surface area contributed by atoms with Crippen LogP contribution in [0.4, 0.5) is 0 Å². The number of carbonyl (C=O) groups excluding carboxylic acids is 1. The van der Waals surface area contributed by atoms with Crippen molar-refractivity contribution < 1.29 is 4.79 Å². The second-order valence-electron chi connectivity index (χ2n) is 3.64. The molecule has 1 aromatic rings. The molecule has 0 saturated carbocycles. The van der Waals surface area contributed by atoms with Gasteiger partial charge >= 0.3 is 0 Å². The molecule has 0 unspecified atom stereocenters. The van der Waals surface area contributed by atoms with Crippen LogP contribution in [0.15, 0.2) is 35.3 Å². The predicted molar refractivity (Wildman–Crippen MR) is 60.1 cm³/mol. The van der Waals surface area contributed by atoms with Gasteiger partial charge in [0.1, 0.15) is 6.04 Å². The van der Waals surface area contributed by atoms with Gasteiger partial charge in [-0.15, -0.1) is 0 Å². The van der Waals surface area contributed by atoms with Crippen molar-refractivity contribution in [3.63, 3.8) is 0 Å². The lowest BCUT2D eigenvalue weighted by atomic mass is 10.1. The van der Waals surface area contributed by atoms with Gasteiger partial charge in [0.15, 0.2) is 0 Å². The highest BCUT2D eigenvalue weighted by molar-refractivity contribution is 5.87. The second-order valence-corrected chi connectivity index (χ2v) is 3.64. The van der Waals surface area contributed by atoms with Crippen LogP contribution < -0.4 is 5.32 Å². The van der Waals surface area contributed by atoms with Gasteiger partial charge in [-0.2, -0.15) is 0 Å². The lowest BCUT2D eigenvalue weighted by Gasteiger charge is -2.17. The number of piperidine rings is 1. The third-order valence-corrected chi connectivity index (χ3v) is 2.46. The molecule has 0 aromatic heterocycles.